The molecule has 3 heteroatoms. The Labute approximate surface area is 121 Å². The van der Waals surface area contributed by atoms with E-state index in [2.05, 4.69) is 43.2 Å². The fourth-order valence-corrected chi connectivity index (χ4v) is 2.05. The maximum absolute atomic E-state index is 5.92. The van der Waals surface area contributed by atoms with Gasteiger partial charge in [-0.15, -0.1) is 0 Å². The number of hydrogen-bond acceptors (Lipinski definition) is 3. The maximum atomic E-state index is 5.92. The zero-order chi connectivity index (χ0) is 14.4. The van der Waals surface area contributed by atoms with Gasteiger partial charge in [-0.1, -0.05) is 38.1 Å². The van der Waals surface area contributed by atoms with Crippen molar-refractivity contribution in [1.82, 2.24) is 4.98 Å². The summed E-state index contributed by atoms with van der Waals surface area (Å²) >= 11 is 0. The van der Waals surface area contributed by atoms with Gasteiger partial charge in [0.1, 0.15) is 18.2 Å². The van der Waals surface area contributed by atoms with Crippen molar-refractivity contribution in [2.24, 2.45) is 0 Å². The summed E-state index contributed by atoms with van der Waals surface area (Å²) in [6.45, 7) is 7.83. The third-order valence-electron chi connectivity index (χ3n) is 3.12. The van der Waals surface area contributed by atoms with Crippen LogP contribution in [0.1, 0.15) is 37.8 Å². The molecule has 106 valence electrons. The molecule has 0 spiro atoms. The largest absolute Gasteiger partial charge is 0.489 e. The van der Waals surface area contributed by atoms with E-state index in [1.165, 1.54) is 5.56 Å². The number of nitrogens with one attached hydrogen (secondary N) is 1. The Morgan fingerprint density at radius 3 is 2.60 bits per heavy atom. The number of benzene rings is 1. The Kier molecular flexibility index (Phi) is 4.99. The molecule has 1 aromatic carbocycles. The Morgan fingerprint density at radius 2 is 1.95 bits per heavy atom. The standard InChI is InChI=1S/C17H22N2O/c1-4-18-17-10-9-14(11-19-17)12-20-16-8-6-5-7-15(16)13(2)3/h5-11,13H,4,12H2,1-3H3,(H,18,19). The van der Waals surface area contributed by atoms with Crippen molar-refractivity contribution < 1.29 is 4.74 Å². The smallest absolute Gasteiger partial charge is 0.125 e. The molecule has 0 saturated heterocycles. The number of para-hydroxylation sites is 1. The lowest BCUT2D eigenvalue weighted by Crippen LogP contribution is -2.02. The van der Waals surface area contributed by atoms with Gasteiger partial charge in [0.05, 0.1) is 0 Å². The molecule has 2 aromatic rings. The van der Waals surface area contributed by atoms with E-state index in [1.807, 2.05) is 30.5 Å². The van der Waals surface area contributed by atoms with E-state index in [0.717, 1.165) is 23.7 Å². The van der Waals surface area contributed by atoms with Crippen molar-refractivity contribution in [3.8, 4) is 5.75 Å². The number of pyridine rings is 1. The molecule has 3 nitrogen and oxygen atoms in total. The topological polar surface area (TPSA) is 34.1 Å². The van der Waals surface area contributed by atoms with Crippen molar-refractivity contribution in [1.29, 1.82) is 0 Å². The average molecular weight is 270 g/mol. The number of aromatic nitrogens is 1. The Balaban J connectivity index is 2.01. The Morgan fingerprint density at radius 1 is 1.15 bits per heavy atom. The summed E-state index contributed by atoms with van der Waals surface area (Å²) in [4.78, 5) is 4.35. The molecule has 1 heterocycles. The Bertz CT molecular complexity index is 535. The molecular weight excluding hydrogens is 248 g/mol. The fraction of sp³-hybridized carbons (Fsp3) is 0.353. The molecule has 0 amide bonds. The van der Waals surface area contributed by atoms with Crippen LogP contribution in [-0.4, -0.2) is 11.5 Å². The third kappa shape index (κ3) is 3.73. The van der Waals surface area contributed by atoms with Crippen molar-refractivity contribution in [2.75, 3.05) is 11.9 Å². The van der Waals surface area contributed by atoms with Gasteiger partial charge in [-0.2, -0.15) is 0 Å². The number of nitrogens with zero attached hydrogens (tertiary/aromatic N) is 1. The second-order valence-corrected chi connectivity index (χ2v) is 5.06. The van der Waals surface area contributed by atoms with Gasteiger partial charge < -0.3 is 10.1 Å². The van der Waals surface area contributed by atoms with E-state index in [1.54, 1.807) is 0 Å². The molecule has 0 fully saturated rings. The van der Waals surface area contributed by atoms with Gasteiger partial charge in [0, 0.05) is 18.3 Å². The van der Waals surface area contributed by atoms with Crippen LogP contribution in [0.2, 0.25) is 0 Å². The van der Waals surface area contributed by atoms with Crippen LogP contribution in [0.25, 0.3) is 0 Å². The van der Waals surface area contributed by atoms with Crippen LogP contribution in [0.4, 0.5) is 5.82 Å². The van der Waals surface area contributed by atoms with Crippen LogP contribution in [0, 0.1) is 0 Å². The normalized spacial score (nSPS) is 10.6. The molecule has 1 N–H and O–H groups in total. The van der Waals surface area contributed by atoms with Crippen LogP contribution < -0.4 is 10.1 Å². The molecular formula is C17H22N2O. The second-order valence-electron chi connectivity index (χ2n) is 5.06. The van der Waals surface area contributed by atoms with Crippen LogP contribution >= 0.6 is 0 Å². The van der Waals surface area contributed by atoms with E-state index in [-0.39, 0.29) is 0 Å². The van der Waals surface area contributed by atoms with Crippen LogP contribution in [-0.2, 0) is 6.61 Å². The van der Waals surface area contributed by atoms with Gasteiger partial charge in [0.25, 0.3) is 0 Å². The summed E-state index contributed by atoms with van der Waals surface area (Å²) in [6.07, 6.45) is 1.86. The number of hydrogen-bond donors (Lipinski definition) is 1. The molecule has 0 radical (unpaired) electrons. The monoisotopic (exact) mass is 270 g/mol. The third-order valence-corrected chi connectivity index (χ3v) is 3.12. The SMILES string of the molecule is CCNc1ccc(COc2ccccc2C(C)C)cn1. The minimum atomic E-state index is 0.459. The lowest BCUT2D eigenvalue weighted by molar-refractivity contribution is 0.301. The summed E-state index contributed by atoms with van der Waals surface area (Å²) in [6, 6.07) is 12.2. The summed E-state index contributed by atoms with van der Waals surface area (Å²) in [5.41, 5.74) is 2.31. The minimum Gasteiger partial charge on any atom is -0.489 e. The number of rotatable bonds is 6. The highest BCUT2D eigenvalue weighted by Gasteiger charge is 2.07. The first kappa shape index (κ1) is 14.4. The van der Waals surface area contributed by atoms with Crippen molar-refractivity contribution in [2.45, 2.75) is 33.3 Å². The summed E-state index contributed by atoms with van der Waals surface area (Å²) in [5.74, 6) is 2.32. The van der Waals surface area contributed by atoms with E-state index < -0.39 is 0 Å². The van der Waals surface area contributed by atoms with Gasteiger partial charge in [-0.3, -0.25) is 0 Å². The molecule has 1 aromatic heterocycles. The second kappa shape index (κ2) is 6.94. The summed E-state index contributed by atoms with van der Waals surface area (Å²) in [5, 5.41) is 3.18. The average Bonchev–Trinajstić information content (AvgIpc) is 2.47. The van der Waals surface area contributed by atoms with E-state index in [4.69, 9.17) is 4.74 Å². The lowest BCUT2D eigenvalue weighted by Gasteiger charge is -2.13. The van der Waals surface area contributed by atoms with Crippen LogP contribution in [0.15, 0.2) is 42.6 Å². The van der Waals surface area contributed by atoms with E-state index in [0.29, 0.717) is 12.5 Å². The molecule has 0 aliphatic rings. The maximum Gasteiger partial charge on any atom is 0.125 e. The van der Waals surface area contributed by atoms with Gasteiger partial charge in [0.15, 0.2) is 0 Å². The molecule has 20 heavy (non-hydrogen) atoms. The molecule has 0 saturated carbocycles. The molecule has 0 unspecified atom stereocenters. The van der Waals surface area contributed by atoms with E-state index >= 15 is 0 Å². The first-order chi connectivity index (χ1) is 9.70. The van der Waals surface area contributed by atoms with Gasteiger partial charge in [0.2, 0.25) is 0 Å². The first-order valence-corrected chi connectivity index (χ1v) is 7.11. The molecule has 2 rings (SSSR count). The quantitative estimate of drug-likeness (QED) is 0.853. The Hall–Kier alpha value is -2.03. The van der Waals surface area contributed by atoms with Crippen LogP contribution in [0.5, 0.6) is 5.75 Å². The highest BCUT2D eigenvalue weighted by Crippen LogP contribution is 2.26. The molecule has 0 atom stereocenters. The predicted molar refractivity (Wildman–Crippen MR) is 83.3 cm³/mol. The summed E-state index contributed by atoms with van der Waals surface area (Å²) in [7, 11) is 0. The molecule has 0 aliphatic heterocycles. The zero-order valence-corrected chi connectivity index (χ0v) is 12.4. The summed E-state index contributed by atoms with van der Waals surface area (Å²) < 4.78 is 5.92. The van der Waals surface area contributed by atoms with Crippen molar-refractivity contribution in [3.63, 3.8) is 0 Å². The van der Waals surface area contributed by atoms with Crippen LogP contribution in [0.3, 0.4) is 0 Å². The number of anilines is 1. The lowest BCUT2D eigenvalue weighted by atomic mass is 10.0. The predicted octanol–water partition coefficient (Wildman–Crippen LogP) is 4.22. The zero-order valence-electron chi connectivity index (χ0n) is 12.4. The van der Waals surface area contributed by atoms with Gasteiger partial charge in [-0.05, 0) is 30.5 Å². The fourth-order valence-electron chi connectivity index (χ4n) is 2.05. The number of ether oxygens (including phenoxy) is 1. The minimum absolute atomic E-state index is 0.459. The molecule has 0 aliphatic carbocycles. The van der Waals surface area contributed by atoms with Crippen molar-refractivity contribution >= 4 is 5.82 Å². The first-order valence-electron chi connectivity index (χ1n) is 7.11. The van der Waals surface area contributed by atoms with Gasteiger partial charge in [-0.25, -0.2) is 4.98 Å². The van der Waals surface area contributed by atoms with Crippen molar-refractivity contribution in [3.05, 3.63) is 53.7 Å². The van der Waals surface area contributed by atoms with Gasteiger partial charge >= 0.3 is 0 Å². The highest BCUT2D eigenvalue weighted by molar-refractivity contribution is 5.37. The molecule has 0 bridgehead atoms. The van der Waals surface area contributed by atoms with E-state index in [9.17, 15) is 0 Å². The highest BCUT2D eigenvalue weighted by atomic mass is 16.5.